The number of H-pyrrole nitrogens is 1. The van der Waals surface area contributed by atoms with Crippen molar-refractivity contribution in [2.24, 2.45) is 0 Å². The zero-order valence-electron chi connectivity index (χ0n) is 16.3. The molecular weight excluding hydrogens is 384 g/mol. The van der Waals surface area contributed by atoms with Gasteiger partial charge in [-0.1, -0.05) is 24.8 Å². The molecule has 1 fully saturated rings. The Morgan fingerprint density at radius 1 is 1.23 bits per heavy atom. The van der Waals surface area contributed by atoms with E-state index in [-0.39, 0.29) is 17.9 Å². The lowest BCUT2D eigenvalue weighted by Gasteiger charge is -2.38. The third kappa shape index (κ3) is 4.09. The molecule has 0 radical (unpaired) electrons. The molecule has 3 N–H and O–H groups in total. The molecule has 154 valence electrons. The molecule has 1 saturated heterocycles. The van der Waals surface area contributed by atoms with Gasteiger partial charge < -0.3 is 25.3 Å². The molecular formula is C21H22N6O3. The quantitative estimate of drug-likeness (QED) is 0.387. The standard InChI is InChI=1S/C21H22N6O3/c1-2-17(28)22-8-9-23-19-18-16(10-24-20(18)26-13-25-19)21(29)27-11-15(12-27)30-14-6-4-3-5-7-14/h2-7,10,13,15H,1,8-9,11-12H2,(H,22,28)(H2,23,24,25,26). The normalized spacial score (nSPS) is 13.5. The number of amides is 2. The molecule has 1 aliphatic heterocycles. The molecule has 0 unspecified atom stereocenters. The van der Waals surface area contributed by atoms with E-state index in [2.05, 4.69) is 32.2 Å². The van der Waals surface area contributed by atoms with Crippen molar-refractivity contribution in [2.45, 2.75) is 6.10 Å². The minimum absolute atomic E-state index is 0.0242. The summed E-state index contributed by atoms with van der Waals surface area (Å²) in [5.74, 6) is 0.986. The molecule has 0 bridgehead atoms. The Bertz CT molecular complexity index is 1060. The lowest BCUT2D eigenvalue weighted by molar-refractivity contribution is -0.116. The van der Waals surface area contributed by atoms with Crippen LogP contribution in [0.1, 0.15) is 10.4 Å². The number of para-hydroxylation sites is 1. The van der Waals surface area contributed by atoms with E-state index < -0.39 is 0 Å². The average molecular weight is 406 g/mol. The summed E-state index contributed by atoms with van der Waals surface area (Å²) in [5.41, 5.74) is 1.07. The van der Waals surface area contributed by atoms with Crippen molar-refractivity contribution >= 4 is 28.7 Å². The second kappa shape index (κ2) is 8.64. The minimum atomic E-state index is -0.243. The summed E-state index contributed by atoms with van der Waals surface area (Å²) in [5, 5.41) is 6.46. The Morgan fingerprint density at radius 2 is 2.03 bits per heavy atom. The molecule has 0 spiro atoms. The first kappa shape index (κ1) is 19.4. The van der Waals surface area contributed by atoms with Crippen molar-refractivity contribution < 1.29 is 14.3 Å². The van der Waals surface area contributed by atoms with Crippen LogP contribution >= 0.6 is 0 Å². The number of anilines is 1. The maximum Gasteiger partial charge on any atom is 0.256 e. The molecule has 30 heavy (non-hydrogen) atoms. The number of aromatic nitrogens is 3. The van der Waals surface area contributed by atoms with Gasteiger partial charge in [-0.3, -0.25) is 9.59 Å². The van der Waals surface area contributed by atoms with E-state index in [1.54, 1.807) is 11.1 Å². The van der Waals surface area contributed by atoms with Gasteiger partial charge in [0.05, 0.1) is 24.0 Å². The fourth-order valence-corrected chi connectivity index (χ4v) is 3.24. The number of fused-ring (bicyclic) bond motifs is 1. The molecule has 9 heteroatoms. The number of ether oxygens (including phenoxy) is 1. The lowest BCUT2D eigenvalue weighted by atomic mass is 10.1. The third-order valence-corrected chi connectivity index (χ3v) is 4.78. The molecule has 2 aromatic heterocycles. The van der Waals surface area contributed by atoms with Crippen molar-refractivity contribution in [1.82, 2.24) is 25.2 Å². The van der Waals surface area contributed by atoms with E-state index in [0.29, 0.717) is 48.6 Å². The highest BCUT2D eigenvalue weighted by Gasteiger charge is 2.34. The van der Waals surface area contributed by atoms with Gasteiger partial charge in [-0.15, -0.1) is 0 Å². The van der Waals surface area contributed by atoms with Gasteiger partial charge in [-0.2, -0.15) is 0 Å². The Balaban J connectivity index is 1.41. The Labute approximate surface area is 173 Å². The number of carbonyl (C=O) groups is 2. The molecule has 9 nitrogen and oxygen atoms in total. The number of carbonyl (C=O) groups excluding carboxylic acids is 2. The van der Waals surface area contributed by atoms with Crippen LogP contribution in [0, 0.1) is 0 Å². The molecule has 1 aromatic carbocycles. The highest BCUT2D eigenvalue weighted by Crippen LogP contribution is 2.26. The van der Waals surface area contributed by atoms with Gasteiger partial charge in [0.25, 0.3) is 5.91 Å². The molecule has 3 aromatic rings. The highest BCUT2D eigenvalue weighted by molar-refractivity contribution is 6.09. The summed E-state index contributed by atoms with van der Waals surface area (Å²) >= 11 is 0. The fraction of sp³-hybridized carbons (Fsp3) is 0.238. The van der Waals surface area contributed by atoms with Crippen LogP contribution < -0.4 is 15.4 Å². The number of benzene rings is 1. The molecule has 4 rings (SSSR count). The lowest BCUT2D eigenvalue weighted by Crippen LogP contribution is -2.56. The number of hydrogen-bond acceptors (Lipinski definition) is 6. The number of likely N-dealkylation sites (tertiary alicyclic amines) is 1. The van der Waals surface area contributed by atoms with Crippen LogP contribution in [0.5, 0.6) is 5.75 Å². The summed E-state index contributed by atoms with van der Waals surface area (Å²) in [4.78, 5) is 37.5. The number of hydrogen-bond donors (Lipinski definition) is 3. The maximum absolute atomic E-state index is 13.0. The molecule has 0 atom stereocenters. The highest BCUT2D eigenvalue weighted by atomic mass is 16.5. The van der Waals surface area contributed by atoms with Crippen LogP contribution in [0.25, 0.3) is 11.0 Å². The molecule has 2 amide bonds. The largest absolute Gasteiger partial charge is 0.487 e. The number of aromatic amines is 1. The first-order valence-corrected chi connectivity index (χ1v) is 9.63. The predicted octanol–water partition coefficient (Wildman–Crippen LogP) is 1.58. The van der Waals surface area contributed by atoms with Gasteiger partial charge >= 0.3 is 0 Å². The summed E-state index contributed by atoms with van der Waals surface area (Å²) < 4.78 is 5.87. The van der Waals surface area contributed by atoms with Gasteiger partial charge in [0.15, 0.2) is 0 Å². The first-order valence-electron chi connectivity index (χ1n) is 9.63. The van der Waals surface area contributed by atoms with Crippen LogP contribution in [-0.2, 0) is 4.79 Å². The van der Waals surface area contributed by atoms with Gasteiger partial charge in [-0.25, -0.2) is 9.97 Å². The monoisotopic (exact) mass is 406 g/mol. The number of rotatable bonds is 8. The van der Waals surface area contributed by atoms with Gasteiger partial charge in [0, 0.05) is 19.3 Å². The molecule has 3 heterocycles. The zero-order valence-corrected chi connectivity index (χ0v) is 16.3. The Morgan fingerprint density at radius 3 is 2.80 bits per heavy atom. The van der Waals surface area contributed by atoms with Crippen LogP contribution in [-0.4, -0.2) is 63.9 Å². The fourth-order valence-electron chi connectivity index (χ4n) is 3.24. The zero-order chi connectivity index (χ0) is 20.9. The van der Waals surface area contributed by atoms with E-state index in [1.165, 1.54) is 12.4 Å². The van der Waals surface area contributed by atoms with Crippen LogP contribution in [0.4, 0.5) is 5.82 Å². The predicted molar refractivity (Wildman–Crippen MR) is 112 cm³/mol. The van der Waals surface area contributed by atoms with Crippen LogP contribution in [0.3, 0.4) is 0 Å². The number of nitrogens with one attached hydrogen (secondary N) is 3. The van der Waals surface area contributed by atoms with E-state index in [4.69, 9.17) is 4.74 Å². The van der Waals surface area contributed by atoms with E-state index in [9.17, 15) is 9.59 Å². The van der Waals surface area contributed by atoms with E-state index in [0.717, 1.165) is 5.75 Å². The van der Waals surface area contributed by atoms with Crippen molar-refractivity contribution in [1.29, 1.82) is 0 Å². The van der Waals surface area contributed by atoms with Crippen LogP contribution in [0.15, 0.2) is 55.5 Å². The summed E-state index contributed by atoms with van der Waals surface area (Å²) in [7, 11) is 0. The smallest absolute Gasteiger partial charge is 0.256 e. The second-order valence-corrected chi connectivity index (χ2v) is 6.83. The van der Waals surface area contributed by atoms with E-state index in [1.807, 2.05) is 30.3 Å². The Hall–Kier alpha value is -3.88. The second-order valence-electron chi connectivity index (χ2n) is 6.83. The topological polar surface area (TPSA) is 112 Å². The third-order valence-electron chi connectivity index (χ3n) is 4.78. The number of nitrogens with zero attached hydrogens (tertiary/aromatic N) is 3. The minimum Gasteiger partial charge on any atom is -0.487 e. The average Bonchev–Trinajstić information content (AvgIpc) is 3.18. The molecule has 0 saturated carbocycles. The van der Waals surface area contributed by atoms with Crippen LogP contribution in [0.2, 0.25) is 0 Å². The van der Waals surface area contributed by atoms with Crippen molar-refractivity contribution in [3.8, 4) is 5.75 Å². The SMILES string of the molecule is C=CC(=O)NCCNc1ncnc2[nH]cc(C(=O)N3CC(Oc4ccccc4)C3)c12. The van der Waals surface area contributed by atoms with E-state index >= 15 is 0 Å². The molecule has 0 aliphatic carbocycles. The summed E-state index contributed by atoms with van der Waals surface area (Å²) in [6.07, 6.45) is 4.26. The Kier molecular flexibility index (Phi) is 5.60. The van der Waals surface area contributed by atoms with Gasteiger partial charge in [0.2, 0.25) is 5.91 Å². The maximum atomic E-state index is 13.0. The summed E-state index contributed by atoms with van der Waals surface area (Å²) in [6, 6.07) is 9.57. The van der Waals surface area contributed by atoms with Gasteiger partial charge in [-0.05, 0) is 18.2 Å². The molecule has 1 aliphatic rings. The van der Waals surface area contributed by atoms with Gasteiger partial charge in [0.1, 0.15) is 29.6 Å². The van der Waals surface area contributed by atoms with Crippen molar-refractivity contribution in [2.75, 3.05) is 31.5 Å². The summed E-state index contributed by atoms with van der Waals surface area (Å²) in [6.45, 7) is 5.29. The van der Waals surface area contributed by atoms with Crippen molar-refractivity contribution in [3.63, 3.8) is 0 Å². The van der Waals surface area contributed by atoms with Crippen molar-refractivity contribution in [3.05, 3.63) is 61.1 Å². The first-order chi connectivity index (χ1) is 14.7.